The molecule has 1 aliphatic carbocycles. The monoisotopic (exact) mass is 347 g/mol. The molecule has 0 unspecified atom stereocenters. The molecule has 2 fully saturated rings. The van der Waals surface area contributed by atoms with Gasteiger partial charge in [0.15, 0.2) is 5.78 Å². The van der Waals surface area contributed by atoms with Crippen LogP contribution in [0.3, 0.4) is 0 Å². The Kier molecular flexibility index (Phi) is 3.48. The van der Waals surface area contributed by atoms with E-state index in [1.165, 1.54) is 0 Å². The summed E-state index contributed by atoms with van der Waals surface area (Å²) in [4.78, 5) is 22.0. The number of carbonyl (C=O) groups is 1. The first kappa shape index (κ1) is 15.4. The maximum atomic E-state index is 12.8. The maximum absolute atomic E-state index is 12.8. The fraction of sp³-hybridized carbons (Fsp3) is 0.333. The molecule has 3 aliphatic rings. The number of aryl methyl sites for hydroxylation is 1. The van der Waals surface area contributed by atoms with Crippen molar-refractivity contribution in [2.75, 3.05) is 18.0 Å². The molecule has 5 rings (SSSR count). The molecule has 3 heterocycles. The summed E-state index contributed by atoms with van der Waals surface area (Å²) in [5.74, 6) is 1.12. The van der Waals surface area contributed by atoms with Gasteiger partial charge < -0.3 is 14.9 Å². The van der Waals surface area contributed by atoms with E-state index in [1.54, 1.807) is 6.07 Å². The predicted octanol–water partition coefficient (Wildman–Crippen LogP) is 2.76. The zero-order valence-electron chi connectivity index (χ0n) is 14.5. The molecule has 0 radical (unpaired) electrons. The van der Waals surface area contributed by atoms with Crippen LogP contribution in [0.1, 0.15) is 28.8 Å². The second-order valence-electron chi connectivity index (χ2n) is 7.38. The number of nitrogens with zero attached hydrogens (tertiary/aromatic N) is 3. The van der Waals surface area contributed by atoms with E-state index in [0.717, 1.165) is 49.3 Å². The highest BCUT2D eigenvalue weighted by Crippen LogP contribution is 2.36. The molecule has 0 spiro atoms. The van der Waals surface area contributed by atoms with Gasteiger partial charge in [-0.1, -0.05) is 18.2 Å². The minimum Gasteiger partial charge on any atom is -0.507 e. The average molecular weight is 347 g/mol. The molecule has 2 bridgehead atoms. The molecule has 2 aliphatic heterocycles. The average Bonchev–Trinajstić information content (AvgIpc) is 3.25. The Morgan fingerprint density at radius 2 is 2.00 bits per heavy atom. The lowest BCUT2D eigenvalue weighted by Crippen LogP contribution is -2.44. The van der Waals surface area contributed by atoms with Crippen molar-refractivity contribution < 1.29 is 9.90 Å². The summed E-state index contributed by atoms with van der Waals surface area (Å²) in [5, 5.41) is 10.1. The SMILES string of the molecule is O=C1/C(=C/N2C[C@H]3C[C@@H]2CN3c2ccccn2)CCc2cccc(O)c21. The van der Waals surface area contributed by atoms with Crippen molar-refractivity contribution in [1.82, 2.24) is 9.88 Å². The molecule has 2 saturated heterocycles. The van der Waals surface area contributed by atoms with Gasteiger partial charge in [0.05, 0.1) is 5.56 Å². The van der Waals surface area contributed by atoms with Crippen molar-refractivity contribution in [1.29, 1.82) is 0 Å². The van der Waals surface area contributed by atoms with Crippen LogP contribution in [0.2, 0.25) is 0 Å². The van der Waals surface area contributed by atoms with Gasteiger partial charge in [-0.05, 0) is 43.0 Å². The first-order valence-electron chi connectivity index (χ1n) is 9.20. The standard InChI is InChI=1S/C21H21N3O2/c25-18-5-3-4-14-7-8-15(21(26)20(14)18)11-23-12-17-10-16(23)13-24(17)19-6-1-2-9-22-19/h1-6,9,11,16-17,25H,7-8,10,12-13H2/b15-11+/t16-,17-/m1/s1. The van der Waals surface area contributed by atoms with Crippen molar-refractivity contribution in [3.05, 3.63) is 65.5 Å². The van der Waals surface area contributed by atoms with Gasteiger partial charge in [0.1, 0.15) is 11.6 Å². The van der Waals surface area contributed by atoms with Crippen molar-refractivity contribution in [3.63, 3.8) is 0 Å². The number of aromatic nitrogens is 1. The lowest BCUT2D eigenvalue weighted by atomic mass is 9.86. The summed E-state index contributed by atoms with van der Waals surface area (Å²) in [6.07, 6.45) is 6.55. The number of pyridine rings is 1. The maximum Gasteiger partial charge on any atom is 0.194 e. The van der Waals surface area contributed by atoms with Crippen molar-refractivity contribution in [2.45, 2.75) is 31.3 Å². The van der Waals surface area contributed by atoms with Gasteiger partial charge in [0.25, 0.3) is 0 Å². The van der Waals surface area contributed by atoms with E-state index >= 15 is 0 Å². The third kappa shape index (κ3) is 2.38. The van der Waals surface area contributed by atoms with Crippen LogP contribution in [-0.4, -0.2) is 45.9 Å². The number of likely N-dealkylation sites (tertiary alicyclic amines) is 1. The molecular weight excluding hydrogens is 326 g/mol. The molecule has 1 aromatic heterocycles. The Morgan fingerprint density at radius 1 is 1.08 bits per heavy atom. The molecule has 5 nitrogen and oxygen atoms in total. The normalized spacial score (nSPS) is 25.8. The molecule has 132 valence electrons. The second kappa shape index (κ2) is 5.87. The van der Waals surface area contributed by atoms with Gasteiger partial charge in [-0.25, -0.2) is 4.98 Å². The Labute approximate surface area is 152 Å². The summed E-state index contributed by atoms with van der Waals surface area (Å²) >= 11 is 0. The van der Waals surface area contributed by atoms with Crippen LogP contribution < -0.4 is 4.90 Å². The molecule has 1 aromatic carbocycles. The third-order valence-corrected chi connectivity index (χ3v) is 5.86. The largest absolute Gasteiger partial charge is 0.507 e. The van der Waals surface area contributed by atoms with Crippen LogP contribution in [0.5, 0.6) is 5.75 Å². The number of Topliss-reactive ketones (excluding diaryl/α,β-unsaturated/α-hetero) is 1. The van der Waals surface area contributed by atoms with Gasteiger partial charge in [0, 0.05) is 43.1 Å². The lowest BCUT2D eigenvalue weighted by molar-refractivity contribution is 0.102. The molecule has 0 saturated carbocycles. The predicted molar refractivity (Wildman–Crippen MR) is 99.3 cm³/mol. The first-order chi connectivity index (χ1) is 12.7. The van der Waals surface area contributed by atoms with Crippen molar-refractivity contribution in [2.24, 2.45) is 0 Å². The molecule has 26 heavy (non-hydrogen) atoms. The number of hydrogen-bond donors (Lipinski definition) is 1. The topological polar surface area (TPSA) is 56.7 Å². The number of phenolic OH excluding ortho intramolecular Hbond substituents is 1. The molecule has 2 atom stereocenters. The van der Waals surface area contributed by atoms with Crippen molar-refractivity contribution >= 4 is 11.6 Å². The number of allylic oxidation sites excluding steroid dienone is 1. The van der Waals surface area contributed by atoms with Crippen LogP contribution in [0, 0.1) is 0 Å². The summed E-state index contributed by atoms with van der Waals surface area (Å²) in [6, 6.07) is 12.2. The van der Waals surface area contributed by atoms with Gasteiger partial charge in [-0.2, -0.15) is 0 Å². The van der Waals surface area contributed by atoms with E-state index in [2.05, 4.69) is 27.1 Å². The summed E-state index contributed by atoms with van der Waals surface area (Å²) < 4.78 is 0. The molecule has 1 N–H and O–H groups in total. The highest BCUT2D eigenvalue weighted by Gasteiger charge is 2.43. The van der Waals surface area contributed by atoms with Gasteiger partial charge >= 0.3 is 0 Å². The fourth-order valence-corrected chi connectivity index (χ4v) is 4.58. The number of rotatable bonds is 2. The molecule has 5 heteroatoms. The number of anilines is 1. The van der Waals surface area contributed by atoms with E-state index in [4.69, 9.17) is 0 Å². The van der Waals surface area contributed by atoms with Gasteiger partial charge in [-0.15, -0.1) is 0 Å². The van der Waals surface area contributed by atoms with Crippen LogP contribution in [0.4, 0.5) is 5.82 Å². The van der Waals surface area contributed by atoms with Crippen molar-refractivity contribution in [3.8, 4) is 5.75 Å². The van der Waals surface area contributed by atoms with Crippen LogP contribution in [0.15, 0.2) is 54.4 Å². The zero-order chi connectivity index (χ0) is 17.7. The number of hydrogen-bond acceptors (Lipinski definition) is 5. The number of piperazine rings is 1. The smallest absolute Gasteiger partial charge is 0.194 e. The highest BCUT2D eigenvalue weighted by molar-refractivity contribution is 6.12. The van der Waals surface area contributed by atoms with Crippen LogP contribution in [-0.2, 0) is 6.42 Å². The van der Waals surface area contributed by atoms with E-state index < -0.39 is 0 Å². The molecule has 0 amide bonds. The number of aromatic hydroxyl groups is 1. The summed E-state index contributed by atoms with van der Waals surface area (Å²) in [7, 11) is 0. The third-order valence-electron chi connectivity index (χ3n) is 5.86. The van der Waals surface area contributed by atoms with E-state index in [0.29, 0.717) is 17.6 Å². The zero-order valence-corrected chi connectivity index (χ0v) is 14.5. The number of benzene rings is 1. The fourth-order valence-electron chi connectivity index (χ4n) is 4.58. The van der Waals surface area contributed by atoms with E-state index in [9.17, 15) is 9.90 Å². The highest BCUT2D eigenvalue weighted by atomic mass is 16.3. The summed E-state index contributed by atoms with van der Waals surface area (Å²) in [5.41, 5.74) is 2.26. The molecule has 2 aromatic rings. The Morgan fingerprint density at radius 3 is 2.77 bits per heavy atom. The van der Waals surface area contributed by atoms with E-state index in [1.807, 2.05) is 30.5 Å². The van der Waals surface area contributed by atoms with Gasteiger partial charge in [-0.3, -0.25) is 4.79 Å². The summed E-state index contributed by atoms with van der Waals surface area (Å²) in [6.45, 7) is 1.87. The Bertz CT molecular complexity index is 893. The Hall–Kier alpha value is -2.82. The molecular formula is C21H21N3O2. The number of carbonyl (C=O) groups excluding carboxylic acids is 1. The van der Waals surface area contributed by atoms with Crippen LogP contribution >= 0.6 is 0 Å². The quantitative estimate of drug-likeness (QED) is 0.847. The Balaban J connectivity index is 1.36. The minimum absolute atomic E-state index is 0.0197. The number of fused-ring (bicyclic) bond motifs is 3. The first-order valence-corrected chi connectivity index (χ1v) is 9.20. The number of phenols is 1. The minimum atomic E-state index is -0.0197. The number of ketones is 1. The van der Waals surface area contributed by atoms with Crippen LogP contribution in [0.25, 0.3) is 0 Å². The van der Waals surface area contributed by atoms with Gasteiger partial charge in [0.2, 0.25) is 0 Å². The lowest BCUT2D eigenvalue weighted by Gasteiger charge is -2.35. The van der Waals surface area contributed by atoms with E-state index in [-0.39, 0.29) is 11.5 Å². The second-order valence-corrected chi connectivity index (χ2v) is 7.38.